The van der Waals surface area contributed by atoms with Crippen LogP contribution in [-0.2, 0) is 6.42 Å². The number of benzene rings is 1. The first-order chi connectivity index (χ1) is 8.24. The molecule has 0 saturated carbocycles. The van der Waals surface area contributed by atoms with Crippen LogP contribution in [0.15, 0.2) is 29.4 Å². The number of hydrogen-bond acceptors (Lipinski definition) is 2. The van der Waals surface area contributed by atoms with Gasteiger partial charge in [-0.3, -0.25) is 0 Å². The summed E-state index contributed by atoms with van der Waals surface area (Å²) in [5.74, 6) is 0. The second kappa shape index (κ2) is 7.14. The molecule has 0 aliphatic rings. The Kier molecular flexibility index (Phi) is 5.40. The number of azide groups is 1. The third-order valence-corrected chi connectivity index (χ3v) is 2.29. The summed E-state index contributed by atoms with van der Waals surface area (Å²) in [7, 11) is 0. The standard InChI is InChI=1S/C11H14N4O2/c12-15-14-10-7-2-1-5-9(10)6-3-4-8-13-11(16)17/h1-2,5,7,13H,3-4,6,8H2,(H,16,17). The average Bonchev–Trinajstić information content (AvgIpc) is 2.31. The molecule has 1 amide bonds. The lowest BCUT2D eigenvalue weighted by atomic mass is 10.1. The van der Waals surface area contributed by atoms with Crippen molar-refractivity contribution >= 4 is 11.8 Å². The van der Waals surface area contributed by atoms with E-state index in [2.05, 4.69) is 15.3 Å². The Morgan fingerprint density at radius 1 is 1.41 bits per heavy atom. The Labute approximate surface area is 98.9 Å². The van der Waals surface area contributed by atoms with Crippen molar-refractivity contribution in [3.8, 4) is 0 Å². The van der Waals surface area contributed by atoms with Crippen LogP contribution in [-0.4, -0.2) is 17.7 Å². The summed E-state index contributed by atoms with van der Waals surface area (Å²) in [5, 5.41) is 14.3. The predicted molar refractivity (Wildman–Crippen MR) is 64.2 cm³/mol. The normalized spacial score (nSPS) is 9.41. The third-order valence-electron chi connectivity index (χ3n) is 2.29. The maximum absolute atomic E-state index is 10.2. The first kappa shape index (κ1) is 12.9. The molecule has 6 heteroatoms. The smallest absolute Gasteiger partial charge is 0.404 e. The number of rotatable bonds is 6. The average molecular weight is 234 g/mol. The quantitative estimate of drug-likeness (QED) is 0.342. The highest BCUT2D eigenvalue weighted by Gasteiger charge is 2.00. The predicted octanol–water partition coefficient (Wildman–Crippen LogP) is 3.22. The fraction of sp³-hybridized carbons (Fsp3) is 0.364. The highest BCUT2D eigenvalue weighted by atomic mass is 16.4. The number of hydrogen-bond donors (Lipinski definition) is 2. The number of nitrogens with one attached hydrogen (secondary N) is 1. The van der Waals surface area contributed by atoms with E-state index in [1.54, 1.807) is 6.07 Å². The van der Waals surface area contributed by atoms with Crippen molar-refractivity contribution in [1.29, 1.82) is 0 Å². The lowest BCUT2D eigenvalue weighted by Gasteiger charge is -2.04. The molecule has 0 fully saturated rings. The van der Waals surface area contributed by atoms with E-state index in [4.69, 9.17) is 10.6 Å². The molecule has 1 aromatic rings. The minimum absolute atomic E-state index is 0.443. The summed E-state index contributed by atoms with van der Waals surface area (Å²) in [6, 6.07) is 7.39. The molecule has 17 heavy (non-hydrogen) atoms. The van der Waals surface area contributed by atoms with Crippen LogP contribution in [0.2, 0.25) is 0 Å². The van der Waals surface area contributed by atoms with E-state index in [1.807, 2.05) is 18.2 Å². The van der Waals surface area contributed by atoms with Crippen LogP contribution in [0.25, 0.3) is 10.4 Å². The zero-order valence-corrected chi connectivity index (χ0v) is 9.33. The Hall–Kier alpha value is -2.20. The molecule has 0 saturated heterocycles. The van der Waals surface area contributed by atoms with E-state index < -0.39 is 6.09 Å². The van der Waals surface area contributed by atoms with Gasteiger partial charge in [0.1, 0.15) is 0 Å². The van der Waals surface area contributed by atoms with E-state index in [0.717, 1.165) is 24.8 Å². The molecule has 0 spiro atoms. The van der Waals surface area contributed by atoms with Crippen LogP contribution in [0.4, 0.5) is 10.5 Å². The number of unbranched alkanes of at least 4 members (excludes halogenated alkanes) is 1. The lowest BCUT2D eigenvalue weighted by Crippen LogP contribution is -2.21. The maximum Gasteiger partial charge on any atom is 0.404 e. The SMILES string of the molecule is [N-]=[N+]=Nc1ccccc1CCCCNC(=O)O. The van der Waals surface area contributed by atoms with Crippen LogP contribution in [0.1, 0.15) is 18.4 Å². The summed E-state index contributed by atoms with van der Waals surface area (Å²) in [4.78, 5) is 13.0. The molecule has 2 N–H and O–H groups in total. The highest BCUT2D eigenvalue weighted by Crippen LogP contribution is 2.20. The van der Waals surface area contributed by atoms with Crippen LogP contribution in [0, 0.1) is 0 Å². The summed E-state index contributed by atoms with van der Waals surface area (Å²) >= 11 is 0. The Balaban J connectivity index is 2.41. The molecule has 1 rings (SSSR count). The fourth-order valence-electron chi connectivity index (χ4n) is 1.50. The highest BCUT2D eigenvalue weighted by molar-refractivity contribution is 5.64. The minimum atomic E-state index is -1.00. The van der Waals surface area contributed by atoms with E-state index >= 15 is 0 Å². The number of aryl methyl sites for hydroxylation is 1. The molecule has 0 aliphatic heterocycles. The Bertz CT molecular complexity index is 427. The van der Waals surface area contributed by atoms with Crippen molar-refractivity contribution in [3.63, 3.8) is 0 Å². The molecule has 0 unspecified atom stereocenters. The third kappa shape index (κ3) is 4.90. The van der Waals surface area contributed by atoms with Gasteiger partial charge in [0.25, 0.3) is 0 Å². The van der Waals surface area contributed by atoms with Crippen molar-refractivity contribution in [1.82, 2.24) is 5.32 Å². The molecule has 0 aliphatic carbocycles. The number of nitrogens with zero attached hydrogens (tertiary/aromatic N) is 3. The van der Waals surface area contributed by atoms with Crippen molar-refractivity contribution < 1.29 is 9.90 Å². The number of carboxylic acid groups (broad SMARTS) is 1. The molecular weight excluding hydrogens is 220 g/mol. The van der Waals surface area contributed by atoms with Gasteiger partial charge in [0.2, 0.25) is 0 Å². The van der Waals surface area contributed by atoms with Crippen LogP contribution in [0.3, 0.4) is 0 Å². The van der Waals surface area contributed by atoms with Gasteiger partial charge < -0.3 is 10.4 Å². The minimum Gasteiger partial charge on any atom is -0.465 e. The Morgan fingerprint density at radius 3 is 2.88 bits per heavy atom. The van der Waals surface area contributed by atoms with Crippen LogP contribution >= 0.6 is 0 Å². The van der Waals surface area contributed by atoms with Crippen molar-refractivity contribution in [2.24, 2.45) is 5.11 Å². The Morgan fingerprint density at radius 2 is 2.18 bits per heavy atom. The summed E-state index contributed by atoms with van der Waals surface area (Å²) in [6.45, 7) is 0.443. The van der Waals surface area contributed by atoms with Gasteiger partial charge in [0.15, 0.2) is 0 Å². The molecule has 1 aromatic carbocycles. The number of amides is 1. The van der Waals surface area contributed by atoms with Gasteiger partial charge >= 0.3 is 6.09 Å². The topological polar surface area (TPSA) is 98.1 Å². The molecule has 0 radical (unpaired) electrons. The van der Waals surface area contributed by atoms with Crippen molar-refractivity contribution in [2.45, 2.75) is 19.3 Å². The van der Waals surface area contributed by atoms with Gasteiger partial charge in [-0.05, 0) is 30.4 Å². The van der Waals surface area contributed by atoms with Gasteiger partial charge in [-0.15, -0.1) is 0 Å². The molecule has 0 atom stereocenters. The first-order valence-corrected chi connectivity index (χ1v) is 5.34. The van der Waals surface area contributed by atoms with E-state index in [0.29, 0.717) is 12.2 Å². The van der Waals surface area contributed by atoms with E-state index in [9.17, 15) is 4.79 Å². The first-order valence-electron chi connectivity index (χ1n) is 5.34. The van der Waals surface area contributed by atoms with Crippen LogP contribution in [0.5, 0.6) is 0 Å². The van der Waals surface area contributed by atoms with Gasteiger partial charge in [-0.1, -0.05) is 29.4 Å². The van der Waals surface area contributed by atoms with Gasteiger partial charge in [0, 0.05) is 17.1 Å². The lowest BCUT2D eigenvalue weighted by molar-refractivity contribution is 0.194. The second-order valence-corrected chi connectivity index (χ2v) is 3.51. The molecule has 90 valence electrons. The fourth-order valence-corrected chi connectivity index (χ4v) is 1.50. The largest absolute Gasteiger partial charge is 0.465 e. The van der Waals surface area contributed by atoms with E-state index in [-0.39, 0.29) is 0 Å². The molecule has 0 aromatic heterocycles. The maximum atomic E-state index is 10.2. The molecule has 0 bridgehead atoms. The second-order valence-electron chi connectivity index (χ2n) is 3.51. The molecular formula is C11H14N4O2. The zero-order valence-electron chi connectivity index (χ0n) is 9.33. The summed E-state index contributed by atoms with van der Waals surface area (Å²) in [5.41, 5.74) is 10.0. The molecule has 6 nitrogen and oxygen atoms in total. The van der Waals surface area contributed by atoms with Crippen LogP contribution < -0.4 is 5.32 Å². The summed E-state index contributed by atoms with van der Waals surface area (Å²) in [6.07, 6.45) is 1.38. The zero-order chi connectivity index (χ0) is 12.5. The van der Waals surface area contributed by atoms with Gasteiger partial charge in [0.05, 0.1) is 0 Å². The van der Waals surface area contributed by atoms with Gasteiger partial charge in [-0.2, -0.15) is 0 Å². The molecule has 0 heterocycles. The summed E-state index contributed by atoms with van der Waals surface area (Å²) < 4.78 is 0. The van der Waals surface area contributed by atoms with E-state index in [1.165, 1.54) is 0 Å². The van der Waals surface area contributed by atoms with Crippen molar-refractivity contribution in [3.05, 3.63) is 40.3 Å². The van der Waals surface area contributed by atoms with Gasteiger partial charge in [-0.25, -0.2) is 4.79 Å². The number of carbonyl (C=O) groups is 1. The monoisotopic (exact) mass is 234 g/mol. The van der Waals surface area contributed by atoms with Crippen molar-refractivity contribution in [2.75, 3.05) is 6.54 Å².